The first-order valence-corrected chi connectivity index (χ1v) is 38.1. The fraction of sp³-hybridized carbons (Fsp3) is 0.115. The van der Waals surface area contributed by atoms with Crippen LogP contribution >= 0.6 is 103 Å². The van der Waals surface area contributed by atoms with Crippen LogP contribution in [0, 0.1) is 67.7 Å². The van der Waals surface area contributed by atoms with Crippen LogP contribution in [-0.4, -0.2) is 15.1 Å². The van der Waals surface area contributed by atoms with Gasteiger partial charge in [-0.05, 0) is 241 Å². The second-order valence-corrected chi connectivity index (χ2v) is 30.5. The highest BCUT2D eigenvalue weighted by atomic mass is 35.5. The van der Waals surface area contributed by atoms with Crippen molar-refractivity contribution in [3.8, 4) is 45.0 Å². The second kappa shape index (κ2) is 41.1. The highest BCUT2D eigenvalue weighted by Gasteiger charge is 2.06. The van der Waals surface area contributed by atoms with E-state index in [2.05, 4.69) is 176 Å². The van der Waals surface area contributed by atoms with Gasteiger partial charge in [-0.1, -0.05) is 189 Å². The molecule has 0 aliphatic rings. The minimum Gasteiger partial charge on any atom is -0.461 e. The quantitative estimate of drug-likeness (QED) is 0.122. The summed E-state index contributed by atoms with van der Waals surface area (Å²) in [5.74, 6) is 5.00. The summed E-state index contributed by atoms with van der Waals surface area (Å²) in [5.41, 5.74) is 9.79. The van der Waals surface area contributed by atoms with Gasteiger partial charge in [0.25, 0.3) is 0 Å². The van der Waals surface area contributed by atoms with Gasteiger partial charge in [0.1, 0.15) is 40.0 Å². The summed E-state index contributed by atoms with van der Waals surface area (Å²) < 4.78 is 16.6. The molecule has 0 unspecified atom stereocenters. The largest absolute Gasteiger partial charge is 0.461 e. The maximum Gasteiger partial charge on any atom is 0.146 e. The first kappa shape index (κ1) is 78.6. The zero-order valence-corrected chi connectivity index (χ0v) is 65.4. The van der Waals surface area contributed by atoms with Crippen molar-refractivity contribution in [2.24, 2.45) is 0 Å². The number of furan rings is 1. The van der Waals surface area contributed by atoms with Gasteiger partial charge >= 0.3 is 0 Å². The van der Waals surface area contributed by atoms with E-state index in [1.807, 2.05) is 186 Å². The number of thiazole rings is 1. The molecule has 0 N–H and O–H groups in total. The number of ether oxygens (including phenoxy) is 1. The second-order valence-electron chi connectivity index (χ2n) is 22.9. The summed E-state index contributed by atoms with van der Waals surface area (Å²) in [5, 5.41) is 18.4. The van der Waals surface area contributed by atoms with Gasteiger partial charge in [0, 0.05) is 52.3 Å². The van der Waals surface area contributed by atoms with Crippen LogP contribution in [0.5, 0.6) is 11.5 Å². The molecule has 15 heteroatoms. The van der Waals surface area contributed by atoms with Crippen molar-refractivity contribution in [2.45, 2.75) is 69.2 Å². The Bertz CT molecular complexity index is 5120. The van der Waals surface area contributed by atoms with Crippen LogP contribution in [0.25, 0.3) is 76.7 Å². The van der Waals surface area contributed by atoms with Crippen LogP contribution in [0.1, 0.15) is 71.9 Å². The number of hydrogen-bond acceptors (Lipinski definition) is 11. The van der Waals surface area contributed by atoms with Gasteiger partial charge in [-0.3, -0.25) is 0 Å². The van der Waals surface area contributed by atoms with Gasteiger partial charge in [-0.15, -0.1) is 63.1 Å². The van der Waals surface area contributed by atoms with Crippen LogP contribution in [-0.2, 0) is 0 Å². The third kappa shape index (κ3) is 26.4. The number of fused-ring (bicyclic) bond motifs is 4. The van der Waals surface area contributed by atoms with Gasteiger partial charge in [0.15, 0.2) is 0 Å². The van der Waals surface area contributed by atoms with Crippen molar-refractivity contribution in [3.05, 3.63) is 343 Å². The molecule has 0 aliphatic carbocycles. The smallest absolute Gasteiger partial charge is 0.146 e. The van der Waals surface area contributed by atoms with Gasteiger partial charge < -0.3 is 13.7 Å². The topological polar surface area (TPSA) is 74.2 Å². The number of terminal acetylenes is 1. The zero-order chi connectivity index (χ0) is 72.8. The van der Waals surface area contributed by atoms with Crippen molar-refractivity contribution in [1.29, 1.82) is 0 Å². The van der Waals surface area contributed by atoms with Gasteiger partial charge in [0.2, 0.25) is 0 Å². The highest BCUT2D eigenvalue weighted by Crippen LogP contribution is 2.31. The lowest BCUT2D eigenvalue weighted by Gasteiger charge is -2.07. The monoisotopic (exact) mass is 1510 g/mol. The van der Waals surface area contributed by atoms with E-state index in [1.54, 1.807) is 62.9 Å². The molecule has 0 atom stereocenters. The number of thiophene rings is 4. The first-order valence-electron chi connectivity index (χ1n) is 32.4. The van der Waals surface area contributed by atoms with Crippen molar-refractivity contribution in [1.82, 2.24) is 15.1 Å². The maximum absolute atomic E-state index is 5.99. The van der Waals surface area contributed by atoms with Crippen molar-refractivity contribution in [2.75, 3.05) is 0 Å². The maximum atomic E-state index is 5.99. The van der Waals surface area contributed by atoms with Crippen LogP contribution in [0.4, 0.5) is 0 Å². The summed E-state index contributed by atoms with van der Waals surface area (Å²) in [4.78, 5) is 16.2. The summed E-state index contributed by atoms with van der Waals surface area (Å²) in [6.07, 6.45) is 15.0. The molecule has 0 amide bonds. The van der Waals surface area contributed by atoms with E-state index in [9.17, 15) is 0 Å². The van der Waals surface area contributed by atoms with E-state index in [4.69, 9.17) is 66.5 Å². The fourth-order valence-electron chi connectivity index (χ4n) is 9.56. The number of halogens is 4. The Morgan fingerprint density at radius 2 is 1.10 bits per heavy atom. The number of para-hydroxylation sites is 1. The third-order valence-corrected chi connectivity index (χ3v) is 20.0. The number of aromatic nitrogens is 3. The molecular formula is C87H77Cl4N3O3S5. The van der Waals surface area contributed by atoms with Crippen LogP contribution < -0.4 is 4.74 Å². The molecule has 0 saturated heterocycles. The molecule has 0 fully saturated rings. The van der Waals surface area contributed by atoms with E-state index in [1.165, 1.54) is 68.2 Å². The van der Waals surface area contributed by atoms with Crippen molar-refractivity contribution >= 4 is 159 Å². The molecule has 0 saturated carbocycles. The van der Waals surface area contributed by atoms with Crippen LogP contribution in [0.15, 0.2) is 275 Å². The average molecular weight is 1510 g/mol. The highest BCUT2D eigenvalue weighted by molar-refractivity contribution is 7.17. The standard InChI is InChI=1S/C13H11ClO.C11H9Cl.C11H8O.C11H10.C10H8ClN.C9H9NS2.C8H7NOS.C7H7ClS.C7H8S/c1-10-5-4-6-11(9-10)15-13-8-3-2-7-12(13)14;1-8-2-3-10-7-11(12)5-4-9(10)6-8;1-3-9-4-5-11-10(7-9)6-8(2)12-11;1-9-6-7-10-4-2-3-5-11(10)8-9;1-7-2-4-9-8(6-7)3-5-10(11)12-9;1-6-3-4-9(12-6)8-5-11-7(2)10-8;1-6-2-3-8(11-6)7-4-5-10-9-7;1-2-3-6-4-5-7(8)9-6;1-2-4-7-5-3-6-8-7/h2-9H,1H3;2-7H,1H3;1,4-7H,2H3;2-8H,1H3;2-6H,1H3;3-5H,1-2H3;2-5H,1H3;2-5H,1H3;2-6H,1H3/b;;;;;;;3-2+;4-2+. The lowest BCUT2D eigenvalue weighted by atomic mass is 10.1. The number of rotatable bonds is 6. The molecule has 8 aromatic carbocycles. The number of nitrogens with zero attached hydrogens (tertiary/aromatic N) is 3. The lowest BCUT2D eigenvalue weighted by molar-refractivity contribution is 0.422. The average Bonchev–Trinajstić information content (AvgIpc) is 1.29. The van der Waals surface area contributed by atoms with Crippen molar-refractivity contribution < 1.29 is 13.7 Å². The molecule has 8 heterocycles. The Morgan fingerprint density at radius 1 is 0.471 bits per heavy atom. The molecule has 102 heavy (non-hydrogen) atoms. The summed E-state index contributed by atoms with van der Waals surface area (Å²) in [7, 11) is 0. The molecular weight excluding hydrogens is 1440 g/mol. The molecule has 0 aliphatic heterocycles. The van der Waals surface area contributed by atoms with E-state index >= 15 is 0 Å². The van der Waals surface area contributed by atoms with E-state index in [0.29, 0.717) is 15.9 Å². The lowest BCUT2D eigenvalue weighted by Crippen LogP contribution is -1.85. The first-order chi connectivity index (χ1) is 49.3. The summed E-state index contributed by atoms with van der Waals surface area (Å²) in [6, 6.07) is 78.5. The Hall–Kier alpha value is -9.13. The van der Waals surface area contributed by atoms with E-state index in [0.717, 1.165) is 69.6 Å². The van der Waals surface area contributed by atoms with E-state index in [-0.39, 0.29) is 0 Å². The minimum atomic E-state index is 0.548. The summed E-state index contributed by atoms with van der Waals surface area (Å²) >= 11 is 31.9. The SMILES string of the molecule is C#Cc1ccc2oc(C)cc2c1.C/C=C/c1ccc(Cl)s1.C/C=C/c1cccs1.Cc1ccc(-c2ccon2)s1.Cc1ccc(-c2csc(C)n2)s1.Cc1ccc2cc(Cl)ccc2c1.Cc1ccc2ccccc2c1.Cc1ccc2nc(Cl)ccc2c1.Cc1cccc(Oc2ccccc2Cl)c1. The zero-order valence-electron chi connectivity index (χ0n) is 58.3. The predicted molar refractivity (Wildman–Crippen MR) is 448 cm³/mol. The van der Waals surface area contributed by atoms with E-state index < -0.39 is 0 Å². The number of allylic oxidation sites excluding steroid dienone is 2. The Labute approximate surface area is 639 Å². The van der Waals surface area contributed by atoms with Crippen LogP contribution in [0.3, 0.4) is 0 Å². The fourth-order valence-corrected chi connectivity index (χ4v) is 14.1. The van der Waals surface area contributed by atoms with Crippen LogP contribution in [0.2, 0.25) is 19.5 Å². The molecule has 6 nitrogen and oxygen atoms in total. The Balaban J connectivity index is 0.000000146. The predicted octanol–water partition coefficient (Wildman–Crippen LogP) is 29.7. The normalized spacial score (nSPS) is 10.4. The number of pyridine rings is 1. The third-order valence-electron chi connectivity index (χ3n) is 14.4. The molecule has 8 aromatic heterocycles. The molecule has 0 radical (unpaired) electrons. The number of hydrogen-bond donors (Lipinski definition) is 0. The van der Waals surface area contributed by atoms with Crippen molar-refractivity contribution in [3.63, 3.8) is 0 Å². The Kier molecular flexibility index (Phi) is 31.7. The van der Waals surface area contributed by atoms with Gasteiger partial charge in [-0.2, -0.15) is 0 Å². The molecule has 16 aromatic rings. The van der Waals surface area contributed by atoms with Gasteiger partial charge in [-0.25, -0.2) is 9.97 Å². The Morgan fingerprint density at radius 3 is 1.72 bits per heavy atom. The molecule has 16 rings (SSSR count). The molecule has 516 valence electrons. The number of aryl methyl sites for hydroxylation is 8. The summed E-state index contributed by atoms with van der Waals surface area (Å²) in [6.45, 7) is 20.5. The number of benzene rings is 8. The molecule has 0 bridgehead atoms. The minimum absolute atomic E-state index is 0.548. The van der Waals surface area contributed by atoms with Gasteiger partial charge in [0.05, 0.1) is 35.3 Å². The molecule has 0 spiro atoms.